The van der Waals surface area contributed by atoms with Crippen molar-refractivity contribution >= 4 is 0 Å². The first kappa shape index (κ1) is 16.5. The molecule has 0 spiro atoms. The molecule has 2 nitrogen and oxygen atoms in total. The summed E-state index contributed by atoms with van der Waals surface area (Å²) in [7, 11) is 0. The van der Waals surface area contributed by atoms with Crippen LogP contribution in [-0.2, 0) is 6.54 Å². The van der Waals surface area contributed by atoms with E-state index in [9.17, 15) is 0 Å². The molecule has 2 N–H and O–H groups in total. The maximum Gasteiger partial charge on any atom is 0.0236 e. The van der Waals surface area contributed by atoms with Gasteiger partial charge in [-0.1, -0.05) is 57.9 Å². The van der Waals surface area contributed by atoms with Gasteiger partial charge in [-0.3, -0.25) is 4.90 Å². The summed E-state index contributed by atoms with van der Waals surface area (Å²) < 4.78 is 0. The molecule has 1 aromatic carbocycles. The molecule has 1 atom stereocenters. The van der Waals surface area contributed by atoms with Crippen molar-refractivity contribution in [3.05, 3.63) is 35.4 Å². The van der Waals surface area contributed by atoms with E-state index in [4.69, 9.17) is 5.73 Å². The zero-order valence-electron chi connectivity index (χ0n) is 14.0. The van der Waals surface area contributed by atoms with E-state index in [0.29, 0.717) is 5.92 Å². The summed E-state index contributed by atoms with van der Waals surface area (Å²) in [5.41, 5.74) is 8.55. The lowest BCUT2D eigenvalue weighted by Gasteiger charge is -2.30. The molecule has 0 aromatic heterocycles. The molecule has 118 valence electrons. The molecule has 2 rings (SSSR count). The van der Waals surface area contributed by atoms with Gasteiger partial charge in [-0.15, -0.1) is 0 Å². The summed E-state index contributed by atoms with van der Waals surface area (Å²) in [6.07, 6.45) is 5.59. The average Bonchev–Trinajstić information content (AvgIpc) is 3.00. The van der Waals surface area contributed by atoms with E-state index in [1.165, 1.54) is 43.4 Å². The van der Waals surface area contributed by atoms with Gasteiger partial charge in [0, 0.05) is 19.1 Å². The number of nitrogens with two attached hydrogens (primary N) is 1. The van der Waals surface area contributed by atoms with Crippen LogP contribution in [0.4, 0.5) is 0 Å². The lowest BCUT2D eigenvalue weighted by Crippen LogP contribution is -2.35. The smallest absolute Gasteiger partial charge is 0.0236 e. The Morgan fingerprint density at radius 3 is 2.24 bits per heavy atom. The number of benzene rings is 1. The maximum absolute atomic E-state index is 5.75. The van der Waals surface area contributed by atoms with E-state index in [1.807, 2.05) is 0 Å². The van der Waals surface area contributed by atoms with E-state index in [2.05, 4.69) is 49.9 Å². The highest BCUT2D eigenvalue weighted by Gasteiger charge is 2.23. The molecule has 0 bridgehead atoms. The van der Waals surface area contributed by atoms with Gasteiger partial charge in [-0.2, -0.15) is 0 Å². The molecular weight excluding hydrogens is 256 g/mol. The Balaban J connectivity index is 2.01. The molecule has 1 aliphatic rings. The van der Waals surface area contributed by atoms with Crippen molar-refractivity contribution in [3.8, 4) is 0 Å². The first-order valence-electron chi connectivity index (χ1n) is 8.63. The van der Waals surface area contributed by atoms with E-state index < -0.39 is 0 Å². The molecule has 1 aliphatic carbocycles. The van der Waals surface area contributed by atoms with Crippen LogP contribution < -0.4 is 5.73 Å². The summed E-state index contributed by atoms with van der Waals surface area (Å²) in [6, 6.07) is 9.91. The highest BCUT2D eigenvalue weighted by molar-refractivity contribution is 5.25. The number of nitrogens with zero attached hydrogens (tertiary/aromatic N) is 1. The van der Waals surface area contributed by atoms with Crippen molar-refractivity contribution in [3.63, 3.8) is 0 Å². The Morgan fingerprint density at radius 1 is 1.10 bits per heavy atom. The van der Waals surface area contributed by atoms with Crippen LogP contribution >= 0.6 is 0 Å². The number of rotatable bonds is 7. The van der Waals surface area contributed by atoms with Crippen LogP contribution in [-0.4, -0.2) is 24.0 Å². The van der Waals surface area contributed by atoms with Crippen LogP contribution in [0.15, 0.2) is 24.3 Å². The van der Waals surface area contributed by atoms with Gasteiger partial charge >= 0.3 is 0 Å². The Hall–Kier alpha value is -0.860. The fourth-order valence-corrected chi connectivity index (χ4v) is 3.40. The SMILES string of the molecule is CC(C)CN(Cc1ccc(C(C)CN)cc1)C1CCCC1. The normalized spacial score (nSPS) is 17.8. The summed E-state index contributed by atoms with van der Waals surface area (Å²) in [5, 5.41) is 0. The Bertz CT molecular complexity index is 404. The zero-order valence-corrected chi connectivity index (χ0v) is 14.0. The third kappa shape index (κ3) is 4.82. The standard InChI is InChI=1S/C19H32N2/c1-15(2)13-21(19-6-4-5-7-19)14-17-8-10-18(11-9-17)16(3)12-20/h8-11,15-16,19H,4-7,12-14,20H2,1-3H3. The second-order valence-electron chi connectivity index (χ2n) is 7.14. The second kappa shape index (κ2) is 7.95. The zero-order chi connectivity index (χ0) is 15.2. The molecule has 21 heavy (non-hydrogen) atoms. The lowest BCUT2D eigenvalue weighted by molar-refractivity contribution is 0.168. The van der Waals surface area contributed by atoms with E-state index in [1.54, 1.807) is 0 Å². The molecule has 0 amide bonds. The predicted molar refractivity (Wildman–Crippen MR) is 91.4 cm³/mol. The van der Waals surface area contributed by atoms with E-state index >= 15 is 0 Å². The minimum absolute atomic E-state index is 0.459. The van der Waals surface area contributed by atoms with Gasteiger partial charge in [-0.05, 0) is 42.3 Å². The molecule has 1 fully saturated rings. The third-order valence-corrected chi connectivity index (χ3v) is 4.73. The van der Waals surface area contributed by atoms with E-state index in [0.717, 1.165) is 25.0 Å². The molecule has 0 aliphatic heterocycles. The first-order chi connectivity index (χ1) is 10.1. The molecule has 1 saturated carbocycles. The second-order valence-corrected chi connectivity index (χ2v) is 7.14. The van der Waals surface area contributed by atoms with Crippen molar-refractivity contribution in [2.75, 3.05) is 13.1 Å². The van der Waals surface area contributed by atoms with Gasteiger partial charge in [0.05, 0.1) is 0 Å². The van der Waals surface area contributed by atoms with Crippen molar-refractivity contribution in [2.45, 2.75) is 65.0 Å². The molecular formula is C19H32N2. The van der Waals surface area contributed by atoms with Crippen molar-refractivity contribution in [1.82, 2.24) is 4.90 Å². The van der Waals surface area contributed by atoms with Crippen LogP contribution in [0.5, 0.6) is 0 Å². The molecule has 0 radical (unpaired) electrons. The molecule has 2 heteroatoms. The average molecular weight is 288 g/mol. The number of hydrogen-bond donors (Lipinski definition) is 1. The van der Waals surface area contributed by atoms with Crippen LogP contribution in [0.2, 0.25) is 0 Å². The topological polar surface area (TPSA) is 29.3 Å². The van der Waals surface area contributed by atoms with Crippen molar-refractivity contribution in [2.24, 2.45) is 11.7 Å². The van der Waals surface area contributed by atoms with Crippen LogP contribution in [0.25, 0.3) is 0 Å². The fourth-order valence-electron chi connectivity index (χ4n) is 3.40. The predicted octanol–water partition coefficient (Wildman–Crippen LogP) is 4.15. The monoisotopic (exact) mass is 288 g/mol. The summed E-state index contributed by atoms with van der Waals surface area (Å²) in [4.78, 5) is 2.71. The van der Waals surface area contributed by atoms with Crippen molar-refractivity contribution in [1.29, 1.82) is 0 Å². The van der Waals surface area contributed by atoms with Gasteiger partial charge < -0.3 is 5.73 Å². The summed E-state index contributed by atoms with van der Waals surface area (Å²) in [5.74, 6) is 1.20. The van der Waals surface area contributed by atoms with E-state index in [-0.39, 0.29) is 0 Å². The Kier molecular flexibility index (Phi) is 6.25. The molecule has 0 saturated heterocycles. The maximum atomic E-state index is 5.75. The highest BCUT2D eigenvalue weighted by atomic mass is 15.2. The largest absolute Gasteiger partial charge is 0.330 e. The molecule has 1 unspecified atom stereocenters. The quantitative estimate of drug-likeness (QED) is 0.816. The molecule has 1 aromatic rings. The summed E-state index contributed by atoms with van der Waals surface area (Å²) in [6.45, 7) is 9.88. The molecule has 0 heterocycles. The van der Waals surface area contributed by atoms with Crippen molar-refractivity contribution < 1.29 is 0 Å². The Labute approximate surface area is 130 Å². The minimum atomic E-state index is 0.459. The minimum Gasteiger partial charge on any atom is -0.330 e. The van der Waals surface area contributed by atoms with Gasteiger partial charge in [0.1, 0.15) is 0 Å². The van der Waals surface area contributed by atoms with Gasteiger partial charge in [0.2, 0.25) is 0 Å². The van der Waals surface area contributed by atoms with Gasteiger partial charge in [0.15, 0.2) is 0 Å². The van der Waals surface area contributed by atoms with Gasteiger partial charge in [-0.25, -0.2) is 0 Å². The van der Waals surface area contributed by atoms with Crippen LogP contribution in [0.1, 0.15) is 63.5 Å². The van der Waals surface area contributed by atoms with Crippen LogP contribution in [0.3, 0.4) is 0 Å². The lowest BCUT2D eigenvalue weighted by atomic mass is 9.99. The van der Waals surface area contributed by atoms with Gasteiger partial charge in [0.25, 0.3) is 0 Å². The summed E-state index contributed by atoms with van der Waals surface area (Å²) >= 11 is 0. The highest BCUT2D eigenvalue weighted by Crippen LogP contribution is 2.26. The first-order valence-corrected chi connectivity index (χ1v) is 8.63. The van der Waals surface area contributed by atoms with Crippen LogP contribution in [0, 0.1) is 5.92 Å². The fraction of sp³-hybridized carbons (Fsp3) is 0.684. The Morgan fingerprint density at radius 2 is 1.71 bits per heavy atom. The number of hydrogen-bond acceptors (Lipinski definition) is 2. The third-order valence-electron chi connectivity index (χ3n) is 4.73.